The molecule has 4 nitrogen and oxygen atoms in total. The van der Waals surface area contributed by atoms with Crippen molar-refractivity contribution in [2.75, 3.05) is 26.3 Å². The van der Waals surface area contributed by atoms with Crippen molar-refractivity contribution in [2.45, 2.75) is 19.8 Å². The standard InChI is InChI=1S/C17H20FNO3/c1-17(11-20)5-2-6-19(10-17)16(21)13-7-12-8-14(18)3-4-15(12)22-9-13/h3-4,7-8,20H,2,5-6,9-11H2,1H3. The summed E-state index contributed by atoms with van der Waals surface area (Å²) in [6.07, 6.45) is 3.49. The van der Waals surface area contributed by atoms with Crippen molar-refractivity contribution in [1.29, 1.82) is 0 Å². The number of benzene rings is 1. The second-order valence-electron chi connectivity index (χ2n) is 6.44. The zero-order chi connectivity index (χ0) is 15.7. The van der Waals surface area contributed by atoms with E-state index in [1.165, 1.54) is 12.1 Å². The average Bonchev–Trinajstić information content (AvgIpc) is 2.53. The van der Waals surface area contributed by atoms with Gasteiger partial charge >= 0.3 is 0 Å². The Morgan fingerprint density at radius 1 is 1.50 bits per heavy atom. The fourth-order valence-corrected chi connectivity index (χ4v) is 3.09. The van der Waals surface area contributed by atoms with Gasteiger partial charge < -0.3 is 14.7 Å². The molecule has 2 heterocycles. The number of nitrogens with zero attached hydrogens (tertiary/aromatic N) is 1. The number of amides is 1. The minimum atomic E-state index is -0.349. The molecule has 0 radical (unpaired) electrons. The Kier molecular flexibility index (Phi) is 3.91. The molecule has 118 valence electrons. The largest absolute Gasteiger partial charge is 0.488 e. The summed E-state index contributed by atoms with van der Waals surface area (Å²) in [6.45, 7) is 3.48. The smallest absolute Gasteiger partial charge is 0.253 e. The van der Waals surface area contributed by atoms with E-state index in [0.717, 1.165) is 12.8 Å². The van der Waals surface area contributed by atoms with E-state index < -0.39 is 0 Å². The molecule has 2 aliphatic heterocycles. The molecule has 22 heavy (non-hydrogen) atoms. The molecule has 1 N–H and O–H groups in total. The molecule has 5 heteroatoms. The molecule has 0 aromatic heterocycles. The molecule has 1 aromatic rings. The minimum Gasteiger partial charge on any atom is -0.488 e. The van der Waals surface area contributed by atoms with Gasteiger partial charge in [0.2, 0.25) is 0 Å². The van der Waals surface area contributed by atoms with Gasteiger partial charge in [0.05, 0.1) is 12.2 Å². The first-order chi connectivity index (χ1) is 10.5. The van der Waals surface area contributed by atoms with Crippen LogP contribution in [0.15, 0.2) is 23.8 Å². The number of halogens is 1. The lowest BCUT2D eigenvalue weighted by Crippen LogP contribution is -2.47. The van der Waals surface area contributed by atoms with Gasteiger partial charge in [0.15, 0.2) is 0 Å². The highest BCUT2D eigenvalue weighted by atomic mass is 19.1. The van der Waals surface area contributed by atoms with Crippen molar-refractivity contribution in [1.82, 2.24) is 4.90 Å². The van der Waals surface area contributed by atoms with Crippen LogP contribution in [0.5, 0.6) is 5.75 Å². The van der Waals surface area contributed by atoms with Gasteiger partial charge in [0, 0.05) is 24.1 Å². The molecule has 2 aliphatic rings. The molecule has 1 aromatic carbocycles. The minimum absolute atomic E-state index is 0.0698. The summed E-state index contributed by atoms with van der Waals surface area (Å²) in [5.74, 6) is 0.157. The molecule has 1 unspecified atom stereocenters. The van der Waals surface area contributed by atoms with Crippen molar-refractivity contribution >= 4 is 12.0 Å². The number of fused-ring (bicyclic) bond motifs is 1. The molecule has 1 fully saturated rings. The van der Waals surface area contributed by atoms with Crippen LogP contribution >= 0.6 is 0 Å². The van der Waals surface area contributed by atoms with Crippen molar-refractivity contribution < 1.29 is 19.0 Å². The topological polar surface area (TPSA) is 49.8 Å². The van der Waals surface area contributed by atoms with Gasteiger partial charge in [-0.15, -0.1) is 0 Å². The first kappa shape index (κ1) is 15.0. The Balaban J connectivity index is 1.81. The van der Waals surface area contributed by atoms with Gasteiger partial charge in [-0.05, 0) is 37.1 Å². The van der Waals surface area contributed by atoms with Crippen LogP contribution in [0.1, 0.15) is 25.3 Å². The predicted molar refractivity (Wildman–Crippen MR) is 80.9 cm³/mol. The first-order valence-electron chi connectivity index (χ1n) is 7.54. The van der Waals surface area contributed by atoms with E-state index in [9.17, 15) is 14.3 Å². The predicted octanol–water partition coefficient (Wildman–Crippen LogP) is 2.22. The number of aliphatic hydroxyl groups is 1. The van der Waals surface area contributed by atoms with Crippen molar-refractivity contribution in [3.63, 3.8) is 0 Å². The maximum atomic E-state index is 13.3. The number of piperidine rings is 1. The number of hydrogen-bond donors (Lipinski definition) is 1. The van der Waals surface area contributed by atoms with Crippen LogP contribution < -0.4 is 4.74 Å². The lowest BCUT2D eigenvalue weighted by Gasteiger charge is -2.39. The van der Waals surface area contributed by atoms with E-state index in [1.54, 1.807) is 17.0 Å². The summed E-state index contributed by atoms with van der Waals surface area (Å²) < 4.78 is 18.9. The summed E-state index contributed by atoms with van der Waals surface area (Å²) in [6, 6.07) is 4.29. The fourth-order valence-electron chi connectivity index (χ4n) is 3.09. The van der Waals surface area contributed by atoms with Crippen molar-refractivity contribution in [3.8, 4) is 5.75 Å². The number of carbonyl (C=O) groups is 1. The summed E-state index contributed by atoms with van der Waals surface area (Å²) in [5.41, 5.74) is 0.880. The summed E-state index contributed by atoms with van der Waals surface area (Å²) in [7, 11) is 0. The number of likely N-dealkylation sites (tertiary alicyclic amines) is 1. The highest BCUT2D eigenvalue weighted by molar-refractivity contribution is 5.99. The van der Waals surface area contributed by atoms with Crippen molar-refractivity contribution in [3.05, 3.63) is 35.2 Å². The van der Waals surface area contributed by atoms with Crippen LogP contribution in [0.2, 0.25) is 0 Å². The van der Waals surface area contributed by atoms with Gasteiger partial charge in [0.25, 0.3) is 5.91 Å². The zero-order valence-corrected chi connectivity index (χ0v) is 12.6. The van der Waals surface area contributed by atoms with Gasteiger partial charge in [-0.1, -0.05) is 6.92 Å². The Hall–Kier alpha value is -1.88. The molecule has 1 atom stereocenters. The fraction of sp³-hybridized carbons (Fsp3) is 0.471. The maximum absolute atomic E-state index is 13.3. The van der Waals surface area contributed by atoms with Gasteiger partial charge in [-0.25, -0.2) is 4.39 Å². The number of ether oxygens (including phenoxy) is 1. The molecule has 1 amide bonds. The molecular weight excluding hydrogens is 285 g/mol. The van der Waals surface area contributed by atoms with Crippen LogP contribution in [0.3, 0.4) is 0 Å². The highest BCUT2D eigenvalue weighted by Gasteiger charge is 2.34. The molecule has 0 aliphatic carbocycles. The van der Waals surface area contributed by atoms with Crippen LogP contribution in [0, 0.1) is 11.2 Å². The summed E-state index contributed by atoms with van der Waals surface area (Å²) in [5, 5.41) is 9.50. The summed E-state index contributed by atoms with van der Waals surface area (Å²) >= 11 is 0. The Bertz CT molecular complexity index is 628. The lowest BCUT2D eigenvalue weighted by atomic mass is 9.82. The molecular formula is C17H20FNO3. The van der Waals surface area contributed by atoms with Gasteiger partial charge in [0.1, 0.15) is 18.2 Å². The van der Waals surface area contributed by atoms with E-state index in [2.05, 4.69) is 0 Å². The third kappa shape index (κ3) is 2.86. The third-order valence-corrected chi connectivity index (χ3v) is 4.41. The quantitative estimate of drug-likeness (QED) is 0.911. The summed E-state index contributed by atoms with van der Waals surface area (Å²) in [4.78, 5) is 14.4. The number of carbonyl (C=O) groups excluding carboxylic acids is 1. The van der Waals surface area contributed by atoms with Crippen LogP contribution in [-0.4, -0.2) is 42.2 Å². The van der Waals surface area contributed by atoms with E-state index in [4.69, 9.17) is 4.74 Å². The van der Waals surface area contributed by atoms with E-state index in [1.807, 2.05) is 6.92 Å². The highest BCUT2D eigenvalue weighted by Crippen LogP contribution is 2.31. The monoisotopic (exact) mass is 305 g/mol. The molecule has 0 bridgehead atoms. The number of hydrogen-bond acceptors (Lipinski definition) is 3. The second kappa shape index (κ2) is 5.72. The SMILES string of the molecule is CC1(CO)CCCN(C(=O)C2=Cc3cc(F)ccc3OC2)C1. The van der Waals surface area contributed by atoms with Gasteiger partial charge in [-0.3, -0.25) is 4.79 Å². The van der Waals surface area contributed by atoms with E-state index in [-0.39, 0.29) is 30.4 Å². The molecule has 1 saturated heterocycles. The van der Waals surface area contributed by atoms with Crippen LogP contribution in [0.4, 0.5) is 4.39 Å². The first-order valence-corrected chi connectivity index (χ1v) is 7.54. The molecule has 3 rings (SSSR count). The number of aliphatic hydroxyl groups excluding tert-OH is 1. The Labute approximate surface area is 129 Å². The Morgan fingerprint density at radius 3 is 3.09 bits per heavy atom. The van der Waals surface area contributed by atoms with Crippen LogP contribution in [0.25, 0.3) is 6.08 Å². The van der Waals surface area contributed by atoms with Gasteiger partial charge in [-0.2, -0.15) is 0 Å². The molecule has 0 saturated carbocycles. The van der Waals surface area contributed by atoms with Crippen molar-refractivity contribution in [2.24, 2.45) is 5.41 Å². The van der Waals surface area contributed by atoms with E-state index >= 15 is 0 Å². The molecule has 0 spiro atoms. The normalized spacial score (nSPS) is 24.3. The van der Waals surface area contributed by atoms with E-state index in [0.29, 0.717) is 30.0 Å². The number of rotatable bonds is 2. The maximum Gasteiger partial charge on any atom is 0.253 e. The van der Waals surface area contributed by atoms with Crippen LogP contribution in [-0.2, 0) is 4.79 Å². The second-order valence-corrected chi connectivity index (χ2v) is 6.44. The third-order valence-electron chi connectivity index (χ3n) is 4.41. The average molecular weight is 305 g/mol. The zero-order valence-electron chi connectivity index (χ0n) is 12.6. The lowest BCUT2D eigenvalue weighted by molar-refractivity contribution is -0.131. The Morgan fingerprint density at radius 2 is 2.32 bits per heavy atom.